The SMILES string of the molecule is CCNC(=O)C1CCN(CCCCCCC(=O)N(C)CCN2CCC(OC(=O)Nc3ccccc3-c3ccccc3)CC2)CC1. The molecule has 2 fully saturated rings. The maximum absolute atomic E-state index is 12.7. The van der Waals surface area contributed by atoms with Crippen molar-refractivity contribution in [3.63, 3.8) is 0 Å². The van der Waals surface area contributed by atoms with Gasteiger partial charge in [-0.25, -0.2) is 4.79 Å². The molecule has 0 unspecified atom stereocenters. The van der Waals surface area contributed by atoms with Crippen molar-refractivity contribution < 1.29 is 19.1 Å². The number of likely N-dealkylation sites (tertiary alicyclic amines) is 2. The number of ether oxygens (including phenoxy) is 1. The summed E-state index contributed by atoms with van der Waals surface area (Å²) in [6, 6.07) is 17.8. The first-order chi connectivity index (χ1) is 21.9. The van der Waals surface area contributed by atoms with E-state index < -0.39 is 6.09 Å². The second kappa shape index (κ2) is 18.5. The van der Waals surface area contributed by atoms with Gasteiger partial charge in [-0.2, -0.15) is 0 Å². The number of amides is 3. The highest BCUT2D eigenvalue weighted by molar-refractivity contribution is 5.91. The molecule has 0 bridgehead atoms. The van der Waals surface area contributed by atoms with E-state index in [9.17, 15) is 14.4 Å². The molecule has 4 rings (SSSR count). The number of hydrogen-bond donors (Lipinski definition) is 2. The number of likely N-dealkylation sites (N-methyl/N-ethyl adjacent to an activating group) is 1. The number of carbonyl (C=O) groups excluding carboxylic acids is 3. The number of rotatable bonds is 15. The lowest BCUT2D eigenvalue weighted by molar-refractivity contribution is -0.130. The Labute approximate surface area is 269 Å². The van der Waals surface area contributed by atoms with Crippen LogP contribution in [0.4, 0.5) is 10.5 Å². The van der Waals surface area contributed by atoms with Gasteiger partial charge in [-0.15, -0.1) is 0 Å². The number of unbranched alkanes of at least 4 members (excludes halogenated alkanes) is 3. The van der Waals surface area contributed by atoms with Gasteiger partial charge in [0, 0.05) is 57.7 Å². The van der Waals surface area contributed by atoms with E-state index in [0.29, 0.717) is 19.5 Å². The third-order valence-corrected chi connectivity index (χ3v) is 9.16. The number of hydrogen-bond acceptors (Lipinski definition) is 6. The molecule has 45 heavy (non-hydrogen) atoms. The molecule has 2 aromatic rings. The average Bonchev–Trinajstić information content (AvgIpc) is 3.06. The van der Waals surface area contributed by atoms with Crippen molar-refractivity contribution in [2.45, 2.75) is 70.8 Å². The number of nitrogens with one attached hydrogen (secondary N) is 2. The zero-order valence-electron chi connectivity index (χ0n) is 27.3. The lowest BCUT2D eigenvalue weighted by atomic mass is 9.95. The van der Waals surface area contributed by atoms with Crippen molar-refractivity contribution in [1.82, 2.24) is 20.0 Å². The smallest absolute Gasteiger partial charge is 0.411 e. The van der Waals surface area contributed by atoms with Crippen LogP contribution >= 0.6 is 0 Å². The summed E-state index contributed by atoms with van der Waals surface area (Å²) in [5.74, 6) is 0.607. The standard InChI is InChI=1S/C36H53N5O4/c1-3-37-35(43)30-18-23-40(24-19-30)22-12-5-4-9-17-34(42)39(2)27-28-41-25-20-31(21-26-41)45-36(44)38-33-16-11-10-15-32(33)29-13-7-6-8-14-29/h6-8,10-11,13-16,30-31H,3-5,9,12,17-28H2,1-2H3,(H,37,43)(H,38,44). The van der Waals surface area contributed by atoms with Crippen LogP contribution in [-0.2, 0) is 14.3 Å². The molecule has 9 heteroatoms. The molecule has 0 aromatic heterocycles. The number of carbonyl (C=O) groups is 3. The number of para-hydroxylation sites is 1. The van der Waals surface area contributed by atoms with Crippen LogP contribution in [0.15, 0.2) is 54.6 Å². The van der Waals surface area contributed by atoms with E-state index in [0.717, 1.165) is 107 Å². The zero-order valence-corrected chi connectivity index (χ0v) is 27.3. The predicted octanol–water partition coefficient (Wildman–Crippen LogP) is 5.62. The Morgan fingerprint density at radius 2 is 1.47 bits per heavy atom. The van der Waals surface area contributed by atoms with Gasteiger partial charge in [0.2, 0.25) is 11.8 Å². The van der Waals surface area contributed by atoms with Gasteiger partial charge >= 0.3 is 6.09 Å². The van der Waals surface area contributed by atoms with Gasteiger partial charge in [0.1, 0.15) is 6.10 Å². The monoisotopic (exact) mass is 619 g/mol. The lowest BCUT2D eigenvalue weighted by Crippen LogP contribution is -2.42. The highest BCUT2D eigenvalue weighted by Gasteiger charge is 2.25. The van der Waals surface area contributed by atoms with E-state index in [-0.39, 0.29) is 23.8 Å². The molecule has 3 amide bonds. The van der Waals surface area contributed by atoms with Crippen molar-refractivity contribution in [3.8, 4) is 11.1 Å². The van der Waals surface area contributed by atoms with E-state index in [1.165, 1.54) is 0 Å². The molecule has 2 saturated heterocycles. The summed E-state index contributed by atoms with van der Waals surface area (Å²) in [6.07, 6.45) is 7.88. The topological polar surface area (TPSA) is 94.2 Å². The third-order valence-electron chi connectivity index (χ3n) is 9.16. The Kier molecular flexibility index (Phi) is 14.2. The number of piperidine rings is 2. The van der Waals surface area contributed by atoms with Crippen molar-refractivity contribution in [3.05, 3.63) is 54.6 Å². The van der Waals surface area contributed by atoms with E-state index in [1.807, 2.05) is 73.5 Å². The third kappa shape index (κ3) is 11.5. The second-order valence-corrected chi connectivity index (χ2v) is 12.5. The Bertz CT molecular complexity index is 1190. The van der Waals surface area contributed by atoms with Crippen LogP contribution in [-0.4, -0.2) is 98.1 Å². The molecule has 2 N–H and O–H groups in total. The van der Waals surface area contributed by atoms with Crippen molar-refractivity contribution in [2.24, 2.45) is 5.92 Å². The van der Waals surface area contributed by atoms with Gasteiger partial charge < -0.3 is 24.8 Å². The summed E-state index contributed by atoms with van der Waals surface area (Å²) in [7, 11) is 1.90. The minimum absolute atomic E-state index is 0.108. The van der Waals surface area contributed by atoms with Crippen LogP contribution in [0.5, 0.6) is 0 Å². The zero-order chi connectivity index (χ0) is 31.9. The summed E-state index contributed by atoms with van der Waals surface area (Å²) < 4.78 is 5.77. The van der Waals surface area contributed by atoms with E-state index >= 15 is 0 Å². The van der Waals surface area contributed by atoms with Crippen molar-refractivity contribution >= 4 is 23.6 Å². The first-order valence-corrected chi connectivity index (χ1v) is 17.0. The van der Waals surface area contributed by atoms with Crippen LogP contribution in [0.1, 0.15) is 64.7 Å². The first kappa shape index (κ1) is 34.4. The molecular weight excluding hydrogens is 566 g/mol. The molecule has 0 saturated carbocycles. The summed E-state index contributed by atoms with van der Waals surface area (Å²) in [5.41, 5.74) is 2.75. The predicted molar refractivity (Wildman–Crippen MR) is 180 cm³/mol. The molecule has 0 radical (unpaired) electrons. The summed E-state index contributed by atoms with van der Waals surface area (Å²) in [5, 5.41) is 5.89. The summed E-state index contributed by atoms with van der Waals surface area (Å²) in [4.78, 5) is 44.1. The van der Waals surface area contributed by atoms with Gasteiger partial charge in [0.15, 0.2) is 0 Å². The largest absolute Gasteiger partial charge is 0.446 e. The van der Waals surface area contributed by atoms with Crippen LogP contribution < -0.4 is 10.6 Å². The van der Waals surface area contributed by atoms with E-state index in [1.54, 1.807) is 0 Å². The fourth-order valence-corrected chi connectivity index (χ4v) is 6.31. The fourth-order valence-electron chi connectivity index (χ4n) is 6.31. The minimum atomic E-state index is -0.417. The van der Waals surface area contributed by atoms with E-state index in [4.69, 9.17) is 4.74 Å². The Morgan fingerprint density at radius 1 is 0.822 bits per heavy atom. The highest BCUT2D eigenvalue weighted by atomic mass is 16.6. The Morgan fingerprint density at radius 3 is 2.20 bits per heavy atom. The van der Waals surface area contributed by atoms with Crippen molar-refractivity contribution in [2.75, 3.05) is 64.7 Å². The molecule has 246 valence electrons. The van der Waals surface area contributed by atoms with Gasteiger partial charge in [0.25, 0.3) is 0 Å². The van der Waals surface area contributed by atoms with E-state index in [2.05, 4.69) is 20.4 Å². The highest BCUT2D eigenvalue weighted by Crippen LogP contribution is 2.28. The van der Waals surface area contributed by atoms with Gasteiger partial charge in [0.05, 0.1) is 5.69 Å². The quantitative estimate of drug-likeness (QED) is 0.251. The van der Waals surface area contributed by atoms with Crippen LogP contribution in [0.2, 0.25) is 0 Å². The lowest BCUT2D eigenvalue weighted by Gasteiger charge is -2.32. The molecule has 0 atom stereocenters. The van der Waals surface area contributed by atoms with Gasteiger partial charge in [-0.1, -0.05) is 61.4 Å². The minimum Gasteiger partial charge on any atom is -0.446 e. The maximum atomic E-state index is 12.7. The molecular formula is C36H53N5O4. The average molecular weight is 620 g/mol. The summed E-state index contributed by atoms with van der Waals surface area (Å²) in [6.45, 7) is 9.04. The summed E-state index contributed by atoms with van der Waals surface area (Å²) >= 11 is 0. The van der Waals surface area contributed by atoms with Gasteiger partial charge in [-0.05, 0) is 76.7 Å². The fraction of sp³-hybridized carbons (Fsp3) is 0.583. The molecule has 2 aromatic carbocycles. The first-order valence-electron chi connectivity index (χ1n) is 17.0. The maximum Gasteiger partial charge on any atom is 0.411 e. The molecule has 2 heterocycles. The van der Waals surface area contributed by atoms with Crippen molar-refractivity contribution in [1.29, 1.82) is 0 Å². The van der Waals surface area contributed by atoms with Crippen LogP contribution in [0.3, 0.4) is 0 Å². The molecule has 2 aliphatic rings. The molecule has 2 aliphatic heterocycles. The molecule has 0 aliphatic carbocycles. The van der Waals surface area contributed by atoms with Crippen LogP contribution in [0, 0.1) is 5.92 Å². The number of nitrogens with zero attached hydrogens (tertiary/aromatic N) is 3. The number of benzene rings is 2. The Balaban J connectivity index is 1.03. The second-order valence-electron chi connectivity index (χ2n) is 12.5. The molecule has 9 nitrogen and oxygen atoms in total. The number of anilines is 1. The van der Waals surface area contributed by atoms with Gasteiger partial charge in [-0.3, -0.25) is 14.9 Å². The Hall–Kier alpha value is -3.43. The molecule has 0 spiro atoms. The normalized spacial score (nSPS) is 16.7. The van der Waals surface area contributed by atoms with Crippen LogP contribution in [0.25, 0.3) is 11.1 Å².